The van der Waals surface area contributed by atoms with Gasteiger partial charge < -0.3 is 27.7 Å². The lowest BCUT2D eigenvalue weighted by Crippen LogP contribution is -2.61. The minimum Gasteiger partial charge on any atom is -0.458 e. The van der Waals surface area contributed by atoms with Gasteiger partial charge in [0.15, 0.2) is 8.67 Å². The summed E-state index contributed by atoms with van der Waals surface area (Å²) in [5.41, 5.74) is 20.2. The van der Waals surface area contributed by atoms with Crippen molar-refractivity contribution in [3.63, 3.8) is 0 Å². The number of halogens is 4. The Hall–Kier alpha value is -0.240. The number of nitrogens with two attached hydrogens (primary N) is 4. The van der Waals surface area contributed by atoms with Gasteiger partial charge in [-0.3, -0.25) is 0 Å². The molecule has 8 N–H and O–H groups in total. The first kappa shape index (κ1) is 17.1. The van der Waals surface area contributed by atoms with E-state index in [1.165, 1.54) is 36.5 Å². The molecule has 0 heterocycles. The number of allylic oxidation sites excluding steroid dienone is 2. The minimum absolute atomic E-state index is 0.327. The van der Waals surface area contributed by atoms with Gasteiger partial charge in [0, 0.05) is 0 Å². The van der Waals surface area contributed by atoms with Crippen molar-refractivity contribution >= 4 is 46.4 Å². The Bertz CT molecular complexity index is 526. The van der Waals surface area contributed by atoms with Gasteiger partial charge in [-0.15, -0.1) is 0 Å². The topological polar surface area (TPSA) is 113 Å². The highest BCUT2D eigenvalue weighted by Crippen LogP contribution is 2.39. The van der Waals surface area contributed by atoms with Gasteiger partial charge in [0.2, 0.25) is 0 Å². The van der Waals surface area contributed by atoms with Gasteiger partial charge >= 0.3 is 0 Å². The Morgan fingerprint density at radius 1 is 0.714 bits per heavy atom. The van der Waals surface area contributed by atoms with Crippen LogP contribution < -0.4 is 22.9 Å². The minimum atomic E-state index is -1.53. The normalized spacial score (nSPS) is 27.8. The summed E-state index contributed by atoms with van der Waals surface area (Å²) >= 11 is 24.2. The zero-order chi connectivity index (χ0) is 16.1. The molecule has 0 saturated heterocycles. The molecule has 0 bridgehead atoms. The van der Waals surface area contributed by atoms with Crippen molar-refractivity contribution in [2.75, 3.05) is 0 Å². The fourth-order valence-electron chi connectivity index (χ4n) is 1.63. The Morgan fingerprint density at radius 3 is 1.33 bits per heavy atom. The molecule has 0 aromatic rings. The maximum atomic E-state index is 6.06. The van der Waals surface area contributed by atoms with Gasteiger partial charge in [-0.2, -0.15) is 0 Å². The maximum Gasteiger partial charge on any atom is 0.174 e. The largest absolute Gasteiger partial charge is 0.458 e. The fourth-order valence-corrected chi connectivity index (χ4v) is 2.31. The van der Waals surface area contributed by atoms with Gasteiger partial charge in [0.05, 0.1) is 0 Å². The molecule has 5 nitrogen and oxygen atoms in total. The van der Waals surface area contributed by atoms with Crippen LogP contribution in [-0.4, -0.2) is 20.0 Å². The monoisotopic (exact) mass is 370 g/mol. The first-order valence-electron chi connectivity index (χ1n) is 5.79. The van der Waals surface area contributed by atoms with E-state index in [0.29, 0.717) is 11.5 Å². The number of hydrogen-bond donors (Lipinski definition) is 4. The van der Waals surface area contributed by atoms with Crippen LogP contribution in [0.25, 0.3) is 0 Å². The Balaban J connectivity index is 2.22. The molecule has 21 heavy (non-hydrogen) atoms. The van der Waals surface area contributed by atoms with E-state index >= 15 is 0 Å². The van der Waals surface area contributed by atoms with Gasteiger partial charge in [-0.1, -0.05) is 46.4 Å². The lowest BCUT2D eigenvalue weighted by atomic mass is 10.00. The first-order valence-corrected chi connectivity index (χ1v) is 7.31. The lowest BCUT2D eigenvalue weighted by molar-refractivity contribution is 0.317. The SMILES string of the molecule is NC1(N)C=CC(OC2=CC(Cl)(Cl)C(N)(N)C=C2)=CC1(Cl)Cl. The number of hydrogen-bond acceptors (Lipinski definition) is 5. The van der Waals surface area contributed by atoms with Gasteiger partial charge in [0.1, 0.15) is 22.8 Å². The third-order valence-electron chi connectivity index (χ3n) is 3.08. The van der Waals surface area contributed by atoms with E-state index in [2.05, 4.69) is 0 Å². The van der Waals surface area contributed by atoms with E-state index in [1.54, 1.807) is 0 Å². The summed E-state index contributed by atoms with van der Waals surface area (Å²) in [6, 6.07) is 0. The van der Waals surface area contributed by atoms with Gasteiger partial charge in [-0.25, -0.2) is 0 Å². The maximum absolute atomic E-state index is 6.06. The van der Waals surface area contributed by atoms with Crippen molar-refractivity contribution in [1.82, 2.24) is 0 Å². The molecule has 0 saturated carbocycles. The zero-order valence-electron chi connectivity index (χ0n) is 10.7. The second-order valence-electron chi connectivity index (χ2n) is 4.97. The van der Waals surface area contributed by atoms with Crippen LogP contribution in [0.1, 0.15) is 0 Å². The Kier molecular flexibility index (Phi) is 4.20. The molecule has 0 aromatic heterocycles. The quantitative estimate of drug-likeness (QED) is 0.433. The van der Waals surface area contributed by atoms with Crippen LogP contribution in [0.5, 0.6) is 0 Å². The van der Waals surface area contributed by atoms with Crippen molar-refractivity contribution in [2.45, 2.75) is 20.0 Å². The molecule has 0 atom stereocenters. The average molecular weight is 372 g/mol. The number of ether oxygens (including phenoxy) is 1. The van der Waals surface area contributed by atoms with Crippen LogP contribution in [0.15, 0.2) is 48.0 Å². The lowest BCUT2D eigenvalue weighted by Gasteiger charge is -2.36. The summed E-state index contributed by atoms with van der Waals surface area (Å²) in [7, 11) is 0. The molecular formula is C12H14Cl4N4O. The molecule has 0 aromatic carbocycles. The molecule has 2 rings (SSSR count). The Morgan fingerprint density at radius 2 is 1.05 bits per heavy atom. The molecule has 9 heteroatoms. The molecule has 116 valence electrons. The first-order chi connectivity index (χ1) is 9.36. The third-order valence-corrected chi connectivity index (χ3v) is 4.83. The summed E-state index contributed by atoms with van der Waals surface area (Å²) in [5.74, 6) is 0.654. The molecule has 2 aliphatic rings. The van der Waals surface area contributed by atoms with Crippen molar-refractivity contribution in [3.05, 3.63) is 48.0 Å². The van der Waals surface area contributed by atoms with Crippen LogP contribution in [0.2, 0.25) is 0 Å². The molecule has 0 unspecified atom stereocenters. The second kappa shape index (κ2) is 5.15. The summed E-state index contributed by atoms with van der Waals surface area (Å²) in [4.78, 5) is 0. The smallest absolute Gasteiger partial charge is 0.174 e. The van der Waals surface area contributed by atoms with Crippen molar-refractivity contribution in [1.29, 1.82) is 0 Å². The van der Waals surface area contributed by atoms with Crippen LogP contribution in [-0.2, 0) is 4.74 Å². The van der Waals surface area contributed by atoms with Crippen molar-refractivity contribution < 1.29 is 4.74 Å². The second-order valence-corrected chi connectivity index (χ2v) is 7.75. The number of rotatable bonds is 2. The average Bonchev–Trinajstić information content (AvgIpc) is 2.29. The molecule has 0 spiro atoms. The van der Waals surface area contributed by atoms with Crippen LogP contribution >= 0.6 is 46.4 Å². The van der Waals surface area contributed by atoms with Crippen molar-refractivity contribution in [3.8, 4) is 0 Å². The molecule has 0 amide bonds. The predicted octanol–water partition coefficient (Wildman–Crippen LogP) is 1.49. The van der Waals surface area contributed by atoms with Gasteiger partial charge in [-0.05, 0) is 36.5 Å². The van der Waals surface area contributed by atoms with E-state index in [-0.39, 0.29) is 0 Å². The van der Waals surface area contributed by atoms with Crippen LogP contribution in [0, 0.1) is 0 Å². The fraction of sp³-hybridized carbons (Fsp3) is 0.333. The van der Waals surface area contributed by atoms with Crippen LogP contribution in [0.4, 0.5) is 0 Å². The standard InChI is InChI=1S/C12H14Cl4N4O/c13-9(14)5-7(1-3-11(9,17)18)21-8-2-4-12(19,20)10(15,16)6-8/h1-6H,17-20H2. The van der Waals surface area contributed by atoms with Gasteiger partial charge in [0.25, 0.3) is 0 Å². The molecular weight excluding hydrogens is 358 g/mol. The molecule has 0 aliphatic heterocycles. The summed E-state index contributed by atoms with van der Waals surface area (Å²) in [6.07, 6.45) is 8.69. The van der Waals surface area contributed by atoms with Crippen LogP contribution in [0.3, 0.4) is 0 Å². The van der Waals surface area contributed by atoms with E-state index in [9.17, 15) is 0 Å². The molecule has 0 fully saturated rings. The Labute approximate surface area is 142 Å². The van der Waals surface area contributed by atoms with Crippen molar-refractivity contribution in [2.24, 2.45) is 22.9 Å². The summed E-state index contributed by atoms with van der Waals surface area (Å²) < 4.78 is 2.52. The van der Waals surface area contributed by atoms with E-state index in [4.69, 9.17) is 74.1 Å². The highest BCUT2D eigenvalue weighted by atomic mass is 35.5. The molecule has 0 radical (unpaired) electrons. The number of alkyl halides is 4. The van der Waals surface area contributed by atoms with E-state index < -0.39 is 20.0 Å². The summed E-state index contributed by atoms with van der Waals surface area (Å²) in [5, 5.41) is 0. The zero-order valence-corrected chi connectivity index (χ0v) is 13.7. The molecule has 2 aliphatic carbocycles. The highest BCUT2D eigenvalue weighted by molar-refractivity contribution is 6.51. The van der Waals surface area contributed by atoms with E-state index in [0.717, 1.165) is 0 Å². The predicted molar refractivity (Wildman–Crippen MR) is 86.6 cm³/mol. The highest BCUT2D eigenvalue weighted by Gasteiger charge is 2.44. The van der Waals surface area contributed by atoms with E-state index in [1.807, 2.05) is 0 Å². The summed E-state index contributed by atoms with van der Waals surface area (Å²) in [6.45, 7) is 0. The third kappa shape index (κ3) is 3.25.